The van der Waals surface area contributed by atoms with Gasteiger partial charge in [-0.05, 0) is 122 Å². The van der Waals surface area contributed by atoms with Crippen molar-refractivity contribution in [3.8, 4) is 46.5 Å². The number of benzene rings is 4. The number of hydrogen-bond acceptors (Lipinski definition) is 4. The maximum Gasteiger partial charge on any atom is 0.419 e. The Kier molecular flexibility index (Phi) is 7.74. The van der Waals surface area contributed by atoms with Crippen LogP contribution in [0.3, 0.4) is 0 Å². The van der Waals surface area contributed by atoms with Crippen molar-refractivity contribution < 1.29 is 35.1 Å². The first kappa shape index (κ1) is 33.7. The van der Waals surface area contributed by atoms with Gasteiger partial charge in [-0.25, -0.2) is 8.78 Å². The molecule has 0 amide bonds. The summed E-state index contributed by atoms with van der Waals surface area (Å²) in [5.41, 5.74) is 2.18. The molecule has 3 aliphatic carbocycles. The number of rotatable bonds is 2. The second-order valence-electron chi connectivity index (χ2n) is 12.1. The molecule has 4 nitrogen and oxygen atoms in total. The predicted octanol–water partition coefficient (Wildman–Crippen LogP) is 10.9. The van der Waals surface area contributed by atoms with Crippen molar-refractivity contribution in [3.05, 3.63) is 140 Å². The van der Waals surface area contributed by atoms with E-state index in [0.29, 0.717) is 74.2 Å². The van der Waals surface area contributed by atoms with E-state index in [1.165, 1.54) is 0 Å². The zero-order valence-corrected chi connectivity index (χ0v) is 26.2. The van der Waals surface area contributed by atoms with Crippen LogP contribution in [0.4, 0.5) is 35.1 Å². The molecule has 4 aromatic carbocycles. The van der Waals surface area contributed by atoms with Gasteiger partial charge < -0.3 is 0 Å². The Morgan fingerprint density at radius 1 is 0.500 bits per heavy atom. The van der Waals surface area contributed by atoms with E-state index in [2.05, 4.69) is 0 Å². The Morgan fingerprint density at radius 3 is 1.56 bits per heavy atom. The highest BCUT2D eigenvalue weighted by atomic mass is 19.4. The van der Waals surface area contributed by atoms with Crippen LogP contribution in [-0.2, 0) is 12.4 Å². The molecule has 0 heterocycles. The molecule has 4 aromatic rings. The highest BCUT2D eigenvalue weighted by molar-refractivity contribution is 6.12. The summed E-state index contributed by atoms with van der Waals surface area (Å²) < 4.78 is 108. The van der Waals surface area contributed by atoms with E-state index < -0.39 is 35.1 Å². The Hall–Kier alpha value is -6.76. The van der Waals surface area contributed by atoms with Crippen LogP contribution in [0.25, 0.3) is 44.5 Å². The molecule has 0 radical (unpaired) electrons. The van der Waals surface area contributed by atoms with E-state index >= 15 is 0 Å². The largest absolute Gasteiger partial charge is 0.419 e. The van der Waals surface area contributed by atoms with Gasteiger partial charge in [0.25, 0.3) is 0 Å². The minimum atomic E-state index is -4.90. The fourth-order valence-electron chi connectivity index (χ4n) is 7.08. The molecule has 0 N–H and O–H groups in total. The molecule has 3 aliphatic rings. The van der Waals surface area contributed by atoms with Crippen molar-refractivity contribution >= 4 is 22.3 Å². The molecule has 0 aromatic heterocycles. The first-order valence-corrected chi connectivity index (χ1v) is 15.3. The summed E-state index contributed by atoms with van der Waals surface area (Å²) >= 11 is 0. The Labute approximate surface area is 290 Å². The van der Waals surface area contributed by atoms with E-state index in [1.807, 2.05) is 24.3 Å². The average Bonchev–Trinajstić information content (AvgIpc) is 3.58. The van der Waals surface area contributed by atoms with E-state index in [9.17, 15) is 56.2 Å². The molecular weight excluding hydrogens is 688 g/mol. The second kappa shape index (κ2) is 11.9. The molecule has 52 heavy (non-hydrogen) atoms. The van der Waals surface area contributed by atoms with Gasteiger partial charge in [0.1, 0.15) is 47.1 Å². The van der Waals surface area contributed by atoms with E-state index in [-0.39, 0.29) is 39.8 Å². The van der Waals surface area contributed by atoms with Gasteiger partial charge in [0, 0.05) is 11.1 Å². The lowest BCUT2D eigenvalue weighted by molar-refractivity contribution is -0.140. The van der Waals surface area contributed by atoms with E-state index in [0.717, 1.165) is 24.3 Å². The van der Waals surface area contributed by atoms with Crippen LogP contribution in [-0.4, -0.2) is 0 Å². The monoisotopic (exact) mass is 704 g/mol. The second-order valence-corrected chi connectivity index (χ2v) is 12.1. The van der Waals surface area contributed by atoms with Crippen LogP contribution in [0.15, 0.2) is 89.5 Å². The SMILES string of the molecule is N#CC(C#N)=C1C2=C(CCC(c3ccc(C(F)(F)F)c(F)c3)=C2)c2cc3c(cc21)C(=C(C#N)C#N)c1cc(-c2ccc(C(F)(F)F)c(F)c2)ccc1-3. The number of hydrogen-bond donors (Lipinski definition) is 0. The van der Waals surface area contributed by atoms with Crippen LogP contribution in [0.1, 0.15) is 51.8 Å². The third kappa shape index (κ3) is 5.25. The van der Waals surface area contributed by atoms with Crippen molar-refractivity contribution in [2.45, 2.75) is 25.2 Å². The van der Waals surface area contributed by atoms with Gasteiger partial charge in [-0.1, -0.05) is 30.3 Å². The molecule has 0 aliphatic heterocycles. The highest BCUT2D eigenvalue weighted by Gasteiger charge is 2.38. The molecule has 0 bridgehead atoms. The van der Waals surface area contributed by atoms with Gasteiger partial charge >= 0.3 is 12.4 Å². The number of halogens is 8. The van der Waals surface area contributed by atoms with Crippen LogP contribution in [0.2, 0.25) is 0 Å². The number of nitriles is 4. The third-order valence-electron chi connectivity index (χ3n) is 9.36. The lowest BCUT2D eigenvalue weighted by Crippen LogP contribution is -2.08. The first-order chi connectivity index (χ1) is 24.7. The summed E-state index contributed by atoms with van der Waals surface area (Å²) in [5.74, 6) is -2.92. The summed E-state index contributed by atoms with van der Waals surface area (Å²) in [6.45, 7) is 0. The molecule has 0 atom stereocenters. The van der Waals surface area contributed by atoms with Crippen LogP contribution in [0, 0.1) is 57.0 Å². The number of fused-ring (bicyclic) bond motifs is 5. The Bertz CT molecular complexity index is 2570. The normalized spacial score (nSPS) is 14.3. The fraction of sp³-hybridized carbons (Fsp3) is 0.100. The first-order valence-electron chi connectivity index (χ1n) is 15.3. The summed E-state index contributed by atoms with van der Waals surface area (Å²) in [6, 6.07) is 20.8. The van der Waals surface area contributed by atoms with Gasteiger partial charge in [0.2, 0.25) is 0 Å². The fourth-order valence-corrected chi connectivity index (χ4v) is 7.08. The number of alkyl halides is 6. The lowest BCUT2D eigenvalue weighted by Gasteiger charge is -2.18. The molecule has 12 heteroatoms. The van der Waals surface area contributed by atoms with Gasteiger partial charge in [0.15, 0.2) is 0 Å². The quantitative estimate of drug-likeness (QED) is 0.135. The molecule has 252 valence electrons. The van der Waals surface area contributed by atoms with Crippen LogP contribution < -0.4 is 0 Å². The van der Waals surface area contributed by atoms with Crippen molar-refractivity contribution in [1.29, 1.82) is 21.0 Å². The maximum absolute atomic E-state index is 14.5. The molecule has 7 rings (SSSR count). The molecule has 0 unspecified atom stereocenters. The smallest absolute Gasteiger partial charge is 0.206 e. The van der Waals surface area contributed by atoms with E-state index in [4.69, 9.17) is 0 Å². The third-order valence-corrected chi connectivity index (χ3v) is 9.36. The zero-order valence-electron chi connectivity index (χ0n) is 26.2. The van der Waals surface area contributed by atoms with Crippen molar-refractivity contribution in [2.24, 2.45) is 0 Å². The minimum Gasteiger partial charge on any atom is -0.206 e. The maximum atomic E-state index is 14.5. The summed E-state index contributed by atoms with van der Waals surface area (Å²) in [7, 11) is 0. The minimum absolute atomic E-state index is 0.118. The standard InChI is InChI=1S/C40H16F8N4/c41-35-11-21(3-7-33(35)39(43,44)45)19-1-5-25-27-13-28-26-6-2-20(22-4-8-34(36(42)12-22)40(46,47)48)10-30(26)38(24(17-51)18-52)32(28)14-31(27)37(29(25)9-19)23(15-49)16-50/h1,3-5,7-14H,2,6H2. The molecule has 0 fully saturated rings. The molecular formula is C40H16F8N4. The van der Waals surface area contributed by atoms with Crippen LogP contribution >= 0.6 is 0 Å². The molecule has 0 spiro atoms. The summed E-state index contributed by atoms with van der Waals surface area (Å²) in [5, 5.41) is 39.9. The van der Waals surface area contributed by atoms with Crippen molar-refractivity contribution in [1.82, 2.24) is 0 Å². The Balaban J connectivity index is 1.41. The highest BCUT2D eigenvalue weighted by Crippen LogP contribution is 2.55. The van der Waals surface area contributed by atoms with Gasteiger partial charge in [-0.15, -0.1) is 0 Å². The van der Waals surface area contributed by atoms with Crippen molar-refractivity contribution in [3.63, 3.8) is 0 Å². The Morgan fingerprint density at radius 2 is 0.981 bits per heavy atom. The van der Waals surface area contributed by atoms with Gasteiger partial charge in [0.05, 0.1) is 11.1 Å². The lowest BCUT2D eigenvalue weighted by atomic mass is 9.86. The zero-order chi connectivity index (χ0) is 37.3. The molecule has 0 saturated carbocycles. The predicted molar refractivity (Wildman–Crippen MR) is 173 cm³/mol. The topological polar surface area (TPSA) is 95.2 Å². The van der Waals surface area contributed by atoms with Gasteiger partial charge in [-0.2, -0.15) is 47.4 Å². The van der Waals surface area contributed by atoms with Crippen LogP contribution in [0.5, 0.6) is 0 Å². The van der Waals surface area contributed by atoms with Gasteiger partial charge in [-0.3, -0.25) is 0 Å². The summed E-state index contributed by atoms with van der Waals surface area (Å²) in [6.07, 6.45) is -7.58. The average molecular weight is 705 g/mol. The molecule has 0 saturated heterocycles. The van der Waals surface area contributed by atoms with Crippen molar-refractivity contribution in [2.75, 3.05) is 0 Å². The van der Waals surface area contributed by atoms with E-state index in [1.54, 1.807) is 36.4 Å². The summed E-state index contributed by atoms with van der Waals surface area (Å²) in [4.78, 5) is 0. The number of nitrogens with zero attached hydrogens (tertiary/aromatic N) is 4. The number of allylic oxidation sites excluding steroid dienone is 7.